The molecule has 0 amide bonds. The fraction of sp³-hybridized carbons (Fsp3) is 0.529. The maximum Gasteiger partial charge on any atom is 0.0587 e. The molecular formula is C17H27NO. The van der Waals surface area contributed by atoms with Crippen molar-refractivity contribution in [3.05, 3.63) is 47.5 Å². The second-order valence-corrected chi connectivity index (χ2v) is 5.27. The molecule has 0 aliphatic heterocycles. The second-order valence-electron chi connectivity index (χ2n) is 5.27. The van der Waals surface area contributed by atoms with E-state index >= 15 is 0 Å². The Labute approximate surface area is 117 Å². The maximum absolute atomic E-state index is 5.05. The molecule has 1 atom stereocenters. The van der Waals surface area contributed by atoms with Gasteiger partial charge in [0.15, 0.2) is 0 Å². The zero-order valence-electron chi connectivity index (χ0n) is 12.6. The first kappa shape index (κ1) is 15.9. The predicted octanol–water partition coefficient (Wildman–Crippen LogP) is 3.61. The number of benzene rings is 1. The molecule has 0 bridgehead atoms. The van der Waals surface area contributed by atoms with Crippen LogP contribution >= 0.6 is 0 Å². The third-order valence-electron chi connectivity index (χ3n) is 3.34. The summed E-state index contributed by atoms with van der Waals surface area (Å²) in [5.74, 6) is 1.03. The fourth-order valence-corrected chi connectivity index (χ4v) is 2.04. The first-order chi connectivity index (χ1) is 9.15. The van der Waals surface area contributed by atoms with E-state index in [9.17, 15) is 0 Å². The van der Waals surface area contributed by atoms with Crippen LogP contribution in [0.25, 0.3) is 0 Å². The Morgan fingerprint density at radius 2 is 1.89 bits per heavy atom. The summed E-state index contributed by atoms with van der Waals surface area (Å²) >= 11 is 0. The molecule has 106 valence electrons. The normalized spacial score (nSPS) is 13.8. The molecule has 2 nitrogen and oxygen atoms in total. The molecule has 19 heavy (non-hydrogen) atoms. The average molecular weight is 261 g/mol. The first-order valence-electron chi connectivity index (χ1n) is 7.10. The molecule has 0 aliphatic rings. The van der Waals surface area contributed by atoms with Gasteiger partial charge in [-0.2, -0.15) is 0 Å². The third-order valence-corrected chi connectivity index (χ3v) is 3.34. The molecule has 0 radical (unpaired) electrons. The summed E-state index contributed by atoms with van der Waals surface area (Å²) in [6.07, 6.45) is 2.39. The van der Waals surface area contributed by atoms with E-state index in [2.05, 4.69) is 62.5 Å². The molecule has 0 aromatic heterocycles. The summed E-state index contributed by atoms with van der Waals surface area (Å²) in [5, 5.41) is 3.43. The van der Waals surface area contributed by atoms with Gasteiger partial charge in [-0.3, -0.25) is 0 Å². The molecule has 0 saturated heterocycles. The van der Waals surface area contributed by atoms with Crippen molar-refractivity contribution in [2.45, 2.75) is 26.7 Å². The zero-order chi connectivity index (χ0) is 14.1. The Morgan fingerprint density at radius 1 is 1.21 bits per heavy atom. The molecule has 0 fully saturated rings. The standard InChI is InChI=1S/C17H27NO/c1-14(2)17(13-18-10-11-19-4)12-15(3)16-8-6-5-7-9-16/h5-9,12,14-15,18H,10-11,13H2,1-4H3/b17-12-. The molecule has 0 aliphatic carbocycles. The van der Waals surface area contributed by atoms with E-state index in [-0.39, 0.29) is 0 Å². The molecule has 0 saturated carbocycles. The quantitative estimate of drug-likeness (QED) is 0.570. The average Bonchev–Trinajstić information content (AvgIpc) is 2.42. The largest absolute Gasteiger partial charge is 0.383 e. The van der Waals surface area contributed by atoms with Crippen molar-refractivity contribution in [1.82, 2.24) is 5.32 Å². The molecular weight excluding hydrogens is 234 g/mol. The van der Waals surface area contributed by atoms with Crippen molar-refractivity contribution in [3.8, 4) is 0 Å². The van der Waals surface area contributed by atoms with Crippen LogP contribution in [-0.4, -0.2) is 26.8 Å². The lowest BCUT2D eigenvalue weighted by atomic mass is 9.94. The monoisotopic (exact) mass is 261 g/mol. The number of rotatable bonds is 8. The first-order valence-corrected chi connectivity index (χ1v) is 7.10. The highest BCUT2D eigenvalue weighted by atomic mass is 16.5. The Balaban J connectivity index is 2.62. The molecule has 2 heteroatoms. The lowest BCUT2D eigenvalue weighted by molar-refractivity contribution is 0.200. The van der Waals surface area contributed by atoms with E-state index < -0.39 is 0 Å². The van der Waals surface area contributed by atoms with Gasteiger partial charge in [0, 0.05) is 20.2 Å². The summed E-state index contributed by atoms with van der Waals surface area (Å²) in [5.41, 5.74) is 2.84. The van der Waals surface area contributed by atoms with Gasteiger partial charge in [-0.15, -0.1) is 0 Å². The predicted molar refractivity (Wildman–Crippen MR) is 82.5 cm³/mol. The van der Waals surface area contributed by atoms with E-state index in [0.29, 0.717) is 11.8 Å². The van der Waals surface area contributed by atoms with Crippen molar-refractivity contribution in [2.75, 3.05) is 26.8 Å². The van der Waals surface area contributed by atoms with Gasteiger partial charge in [0.25, 0.3) is 0 Å². The van der Waals surface area contributed by atoms with Gasteiger partial charge in [-0.05, 0) is 17.4 Å². The molecule has 1 N–H and O–H groups in total. The Morgan fingerprint density at radius 3 is 2.47 bits per heavy atom. The van der Waals surface area contributed by atoms with Crippen LogP contribution in [0.3, 0.4) is 0 Å². The molecule has 1 aromatic carbocycles. The van der Waals surface area contributed by atoms with Gasteiger partial charge in [-0.1, -0.05) is 62.8 Å². The summed E-state index contributed by atoms with van der Waals surface area (Å²) < 4.78 is 5.05. The molecule has 1 aromatic rings. The van der Waals surface area contributed by atoms with E-state index in [1.165, 1.54) is 11.1 Å². The van der Waals surface area contributed by atoms with Gasteiger partial charge >= 0.3 is 0 Å². The van der Waals surface area contributed by atoms with E-state index in [1.807, 2.05) is 0 Å². The van der Waals surface area contributed by atoms with Crippen molar-refractivity contribution in [2.24, 2.45) is 5.92 Å². The van der Waals surface area contributed by atoms with Crippen LogP contribution in [0.1, 0.15) is 32.3 Å². The minimum absolute atomic E-state index is 0.461. The maximum atomic E-state index is 5.05. The zero-order valence-corrected chi connectivity index (χ0v) is 12.6. The van der Waals surface area contributed by atoms with Crippen LogP contribution in [-0.2, 0) is 4.74 Å². The summed E-state index contributed by atoms with van der Waals surface area (Å²) in [6.45, 7) is 9.37. The lowest BCUT2D eigenvalue weighted by Crippen LogP contribution is -2.23. The molecule has 1 rings (SSSR count). The third kappa shape index (κ3) is 6.04. The number of ether oxygens (including phenoxy) is 1. The van der Waals surface area contributed by atoms with Gasteiger partial charge in [-0.25, -0.2) is 0 Å². The van der Waals surface area contributed by atoms with Gasteiger partial charge in [0.1, 0.15) is 0 Å². The van der Waals surface area contributed by atoms with Gasteiger partial charge < -0.3 is 10.1 Å². The minimum atomic E-state index is 0.461. The smallest absolute Gasteiger partial charge is 0.0587 e. The van der Waals surface area contributed by atoms with Crippen LogP contribution in [0.15, 0.2) is 42.0 Å². The summed E-state index contributed by atoms with van der Waals surface area (Å²) in [4.78, 5) is 0. The second kappa shape index (κ2) is 8.89. The number of hydrogen-bond donors (Lipinski definition) is 1. The van der Waals surface area contributed by atoms with Crippen molar-refractivity contribution in [3.63, 3.8) is 0 Å². The van der Waals surface area contributed by atoms with Crippen molar-refractivity contribution < 1.29 is 4.74 Å². The van der Waals surface area contributed by atoms with Crippen molar-refractivity contribution >= 4 is 0 Å². The molecule has 0 heterocycles. The lowest BCUT2D eigenvalue weighted by Gasteiger charge is -2.16. The van der Waals surface area contributed by atoms with Crippen LogP contribution in [0.2, 0.25) is 0 Å². The van der Waals surface area contributed by atoms with E-state index in [1.54, 1.807) is 7.11 Å². The fourth-order valence-electron chi connectivity index (χ4n) is 2.04. The highest BCUT2D eigenvalue weighted by molar-refractivity contribution is 5.25. The van der Waals surface area contributed by atoms with Crippen LogP contribution in [0.4, 0.5) is 0 Å². The molecule has 1 unspecified atom stereocenters. The Bertz CT molecular complexity index is 370. The van der Waals surface area contributed by atoms with E-state index in [0.717, 1.165) is 19.7 Å². The number of methoxy groups -OCH3 is 1. The highest BCUT2D eigenvalue weighted by Crippen LogP contribution is 2.20. The number of allylic oxidation sites excluding steroid dienone is 1. The number of nitrogens with one attached hydrogen (secondary N) is 1. The van der Waals surface area contributed by atoms with E-state index in [4.69, 9.17) is 4.74 Å². The molecule has 0 spiro atoms. The van der Waals surface area contributed by atoms with Crippen molar-refractivity contribution in [1.29, 1.82) is 0 Å². The highest BCUT2D eigenvalue weighted by Gasteiger charge is 2.07. The topological polar surface area (TPSA) is 21.3 Å². The van der Waals surface area contributed by atoms with Crippen LogP contribution in [0.5, 0.6) is 0 Å². The SMILES string of the molecule is COCCNC/C(=C/C(C)c1ccccc1)C(C)C. The Hall–Kier alpha value is -1.12. The van der Waals surface area contributed by atoms with Crippen LogP contribution in [0, 0.1) is 5.92 Å². The Kier molecular flexibility index (Phi) is 7.46. The van der Waals surface area contributed by atoms with Gasteiger partial charge in [0.2, 0.25) is 0 Å². The number of hydrogen-bond acceptors (Lipinski definition) is 2. The summed E-state index contributed by atoms with van der Waals surface area (Å²) in [7, 11) is 1.73. The van der Waals surface area contributed by atoms with Gasteiger partial charge in [0.05, 0.1) is 6.61 Å². The summed E-state index contributed by atoms with van der Waals surface area (Å²) in [6, 6.07) is 10.7. The minimum Gasteiger partial charge on any atom is -0.383 e. The van der Waals surface area contributed by atoms with Crippen LogP contribution < -0.4 is 5.32 Å².